The normalized spacial score (nSPS) is 12.2. The zero-order chi connectivity index (χ0) is 54.3. The number of unbranched alkanes of at least 4 members (excludes halogenated alkanes) is 45. The van der Waals surface area contributed by atoms with Crippen molar-refractivity contribution in [2.45, 2.75) is 374 Å². The largest absolute Gasteiger partial charge is 0.462 e. The van der Waals surface area contributed by atoms with E-state index in [1.807, 2.05) is 0 Å². The third-order valence-corrected chi connectivity index (χ3v) is 15.2. The zero-order valence-corrected chi connectivity index (χ0v) is 50.6. The minimum Gasteiger partial charge on any atom is -0.462 e. The molecule has 6 heteroatoms. The third kappa shape index (κ3) is 62.4. The molecular weight excluding hydrogens is 925 g/mol. The highest BCUT2D eigenvalue weighted by Gasteiger charge is 2.19. The minimum atomic E-state index is -0.774. The van der Waals surface area contributed by atoms with Crippen molar-refractivity contribution in [3.63, 3.8) is 0 Å². The van der Waals surface area contributed by atoms with E-state index in [1.54, 1.807) is 0 Å². The molecule has 0 aromatic carbocycles. The summed E-state index contributed by atoms with van der Waals surface area (Å²) >= 11 is 0. The van der Waals surface area contributed by atoms with Gasteiger partial charge >= 0.3 is 17.9 Å². The topological polar surface area (TPSA) is 78.9 Å². The van der Waals surface area contributed by atoms with Gasteiger partial charge in [0.25, 0.3) is 0 Å². The van der Waals surface area contributed by atoms with E-state index in [1.165, 1.54) is 244 Å². The first-order valence-corrected chi connectivity index (χ1v) is 33.5. The summed E-state index contributed by atoms with van der Waals surface area (Å²) in [4.78, 5) is 38.3. The van der Waals surface area contributed by atoms with E-state index in [2.05, 4.69) is 57.2 Å². The molecule has 0 aliphatic heterocycles. The fraction of sp³-hybridized carbons (Fsp3) is 0.870. The molecule has 0 saturated heterocycles. The number of rotatable bonds is 62. The Kier molecular flexibility index (Phi) is 62.1. The molecule has 0 aromatic rings. The molecule has 0 aliphatic rings. The highest BCUT2D eigenvalue weighted by molar-refractivity contribution is 5.71. The van der Waals surface area contributed by atoms with Gasteiger partial charge in [0.15, 0.2) is 6.10 Å². The summed E-state index contributed by atoms with van der Waals surface area (Å²) in [6, 6.07) is 0. The Morgan fingerprint density at radius 1 is 0.280 bits per heavy atom. The maximum absolute atomic E-state index is 12.9. The van der Waals surface area contributed by atoms with Gasteiger partial charge in [-0.15, -0.1) is 0 Å². The maximum Gasteiger partial charge on any atom is 0.306 e. The van der Waals surface area contributed by atoms with Crippen molar-refractivity contribution in [1.29, 1.82) is 0 Å². The van der Waals surface area contributed by atoms with Gasteiger partial charge in [0.1, 0.15) is 13.2 Å². The first kappa shape index (κ1) is 72.6. The number of hydrogen-bond acceptors (Lipinski definition) is 6. The predicted molar refractivity (Wildman–Crippen MR) is 326 cm³/mol. The summed E-state index contributed by atoms with van der Waals surface area (Å²) in [5.74, 6) is -0.855. The lowest BCUT2D eigenvalue weighted by Gasteiger charge is -2.18. The van der Waals surface area contributed by atoms with Gasteiger partial charge in [-0.25, -0.2) is 0 Å². The number of esters is 3. The average molecular weight is 1050 g/mol. The minimum absolute atomic E-state index is 0.0708. The first-order chi connectivity index (χ1) is 37.0. The van der Waals surface area contributed by atoms with Crippen molar-refractivity contribution in [2.24, 2.45) is 0 Å². The molecule has 0 N–H and O–H groups in total. The second-order valence-electron chi connectivity index (χ2n) is 22.7. The van der Waals surface area contributed by atoms with Crippen LogP contribution in [0.3, 0.4) is 0 Å². The van der Waals surface area contributed by atoms with Crippen LogP contribution in [0.25, 0.3) is 0 Å². The fourth-order valence-corrected chi connectivity index (χ4v) is 10.2. The van der Waals surface area contributed by atoms with Gasteiger partial charge in [-0.05, 0) is 51.4 Å². The quantitative estimate of drug-likeness (QED) is 0.0261. The number of ether oxygens (including phenoxy) is 3. The maximum atomic E-state index is 12.9. The molecule has 0 aliphatic carbocycles. The van der Waals surface area contributed by atoms with Crippen LogP contribution in [0.1, 0.15) is 367 Å². The molecule has 0 fully saturated rings. The summed E-state index contributed by atoms with van der Waals surface area (Å²) in [5, 5.41) is 0. The van der Waals surface area contributed by atoms with E-state index < -0.39 is 6.10 Å². The Morgan fingerprint density at radius 3 is 0.813 bits per heavy atom. The van der Waals surface area contributed by atoms with Gasteiger partial charge in [0.05, 0.1) is 0 Å². The molecule has 0 saturated carbocycles. The van der Waals surface area contributed by atoms with Gasteiger partial charge in [0, 0.05) is 19.3 Å². The number of allylic oxidation sites excluding steroid dienone is 6. The van der Waals surface area contributed by atoms with E-state index in [9.17, 15) is 14.4 Å². The Morgan fingerprint density at radius 2 is 0.520 bits per heavy atom. The van der Waals surface area contributed by atoms with Crippen molar-refractivity contribution < 1.29 is 28.6 Å². The molecule has 440 valence electrons. The molecule has 1 atom stereocenters. The molecule has 0 bridgehead atoms. The highest BCUT2D eigenvalue weighted by atomic mass is 16.6. The Hall–Kier alpha value is -2.37. The van der Waals surface area contributed by atoms with Crippen LogP contribution in [0.5, 0.6) is 0 Å². The third-order valence-electron chi connectivity index (χ3n) is 15.2. The molecular formula is C69H128O6. The lowest BCUT2D eigenvalue weighted by Crippen LogP contribution is -2.30. The van der Waals surface area contributed by atoms with Crippen LogP contribution >= 0.6 is 0 Å². The summed E-state index contributed by atoms with van der Waals surface area (Å²) in [6.07, 6.45) is 78.8. The molecule has 0 heterocycles. The van der Waals surface area contributed by atoms with Crippen molar-refractivity contribution >= 4 is 17.9 Å². The number of carbonyl (C=O) groups is 3. The molecule has 0 rings (SSSR count). The van der Waals surface area contributed by atoms with Gasteiger partial charge in [-0.2, -0.15) is 0 Å². The van der Waals surface area contributed by atoms with Gasteiger partial charge < -0.3 is 14.2 Å². The summed E-state index contributed by atoms with van der Waals surface area (Å²) < 4.78 is 16.9. The summed E-state index contributed by atoms with van der Waals surface area (Å²) in [5.41, 5.74) is 0. The highest BCUT2D eigenvalue weighted by Crippen LogP contribution is 2.18. The lowest BCUT2D eigenvalue weighted by atomic mass is 10.0. The molecule has 1 unspecified atom stereocenters. The van der Waals surface area contributed by atoms with Crippen molar-refractivity contribution in [3.05, 3.63) is 36.5 Å². The van der Waals surface area contributed by atoms with Crippen LogP contribution in [0.4, 0.5) is 0 Å². The van der Waals surface area contributed by atoms with Crippen LogP contribution in [-0.4, -0.2) is 37.2 Å². The molecule has 0 radical (unpaired) electrons. The smallest absolute Gasteiger partial charge is 0.306 e. The number of hydrogen-bond donors (Lipinski definition) is 0. The predicted octanol–water partition coefficient (Wildman–Crippen LogP) is 22.8. The van der Waals surface area contributed by atoms with E-state index in [0.717, 1.165) is 83.5 Å². The Bertz CT molecular complexity index is 1250. The Labute approximate surface area is 467 Å². The van der Waals surface area contributed by atoms with Crippen molar-refractivity contribution in [1.82, 2.24) is 0 Å². The van der Waals surface area contributed by atoms with Crippen LogP contribution in [0.2, 0.25) is 0 Å². The second-order valence-corrected chi connectivity index (χ2v) is 22.7. The van der Waals surface area contributed by atoms with Crippen LogP contribution in [0, 0.1) is 0 Å². The van der Waals surface area contributed by atoms with Gasteiger partial charge in [-0.3, -0.25) is 14.4 Å². The van der Waals surface area contributed by atoms with Crippen LogP contribution in [-0.2, 0) is 28.6 Å². The zero-order valence-electron chi connectivity index (χ0n) is 50.6. The molecule has 0 aromatic heterocycles. The first-order valence-electron chi connectivity index (χ1n) is 33.5. The van der Waals surface area contributed by atoms with Crippen LogP contribution in [0.15, 0.2) is 36.5 Å². The molecule has 6 nitrogen and oxygen atoms in total. The molecule has 0 spiro atoms. The summed E-state index contributed by atoms with van der Waals surface area (Å²) in [7, 11) is 0. The Balaban J connectivity index is 4.19. The van der Waals surface area contributed by atoms with Gasteiger partial charge in [0.2, 0.25) is 0 Å². The fourth-order valence-electron chi connectivity index (χ4n) is 10.2. The van der Waals surface area contributed by atoms with Gasteiger partial charge in [-0.1, -0.05) is 333 Å². The SMILES string of the molecule is CC/C=C\C/C=C\C/C=C\CCCCCCCCCC(=O)OC(COC(=O)CCCCCCCCCCCCCCC)COC(=O)CCCCCCCCCCCCCCCCCCCCCCCCCCCCC. The number of carbonyl (C=O) groups excluding carboxylic acids is 3. The lowest BCUT2D eigenvalue weighted by molar-refractivity contribution is -0.167. The van der Waals surface area contributed by atoms with E-state index in [-0.39, 0.29) is 31.1 Å². The monoisotopic (exact) mass is 1050 g/mol. The molecule has 75 heavy (non-hydrogen) atoms. The van der Waals surface area contributed by atoms with Crippen molar-refractivity contribution in [2.75, 3.05) is 13.2 Å². The average Bonchev–Trinajstić information content (AvgIpc) is 3.41. The molecule has 0 amide bonds. The van der Waals surface area contributed by atoms with E-state index in [4.69, 9.17) is 14.2 Å². The van der Waals surface area contributed by atoms with Crippen LogP contribution < -0.4 is 0 Å². The van der Waals surface area contributed by atoms with Crippen molar-refractivity contribution in [3.8, 4) is 0 Å². The summed E-state index contributed by atoms with van der Waals surface area (Å²) in [6.45, 7) is 6.59. The van der Waals surface area contributed by atoms with E-state index in [0.29, 0.717) is 19.3 Å². The standard InChI is InChI=1S/C69H128O6/c1-4-7-10-13-16-19-22-25-27-29-30-31-32-33-34-35-36-37-38-40-41-44-47-50-53-56-59-62-68(71)74-65-66(64-73-67(70)61-58-55-52-49-46-43-24-21-18-15-12-9-6-3)75-69(72)63-60-57-54-51-48-45-42-39-28-26-23-20-17-14-11-8-5-2/h8,11,17,20,26,28,66H,4-7,9-10,12-16,18-19,21-25,27,29-65H2,1-3H3/b11-8-,20-17-,28-26-. The van der Waals surface area contributed by atoms with E-state index >= 15 is 0 Å². The second kappa shape index (κ2) is 64.2.